The summed E-state index contributed by atoms with van der Waals surface area (Å²) < 4.78 is 19.9. The molecule has 0 aliphatic carbocycles. The van der Waals surface area contributed by atoms with Gasteiger partial charge in [-0.25, -0.2) is 4.98 Å². The molecule has 0 aliphatic heterocycles. The molecule has 2 aromatic heterocycles. The van der Waals surface area contributed by atoms with E-state index in [4.69, 9.17) is 10.2 Å². The fourth-order valence-corrected chi connectivity index (χ4v) is 2.72. The molecular formula is C18H17FN2O2. The van der Waals surface area contributed by atoms with Crippen LogP contribution in [0.1, 0.15) is 29.7 Å². The van der Waals surface area contributed by atoms with Crippen molar-refractivity contribution in [2.24, 2.45) is 5.73 Å². The fraction of sp³-hybridized carbons (Fsp3) is 0.222. The Morgan fingerprint density at radius 1 is 1.30 bits per heavy atom. The second kappa shape index (κ2) is 5.59. The number of aromatic nitrogens is 1. The van der Waals surface area contributed by atoms with Crippen molar-refractivity contribution in [3.05, 3.63) is 63.3 Å². The lowest BCUT2D eigenvalue weighted by Crippen LogP contribution is -2.12. The van der Waals surface area contributed by atoms with Crippen LogP contribution in [0.3, 0.4) is 0 Å². The highest BCUT2D eigenvalue weighted by Gasteiger charge is 2.19. The molecule has 5 heteroatoms. The van der Waals surface area contributed by atoms with E-state index < -0.39 is 5.95 Å². The van der Waals surface area contributed by atoms with E-state index in [1.54, 1.807) is 25.1 Å². The first kappa shape index (κ1) is 15.4. The van der Waals surface area contributed by atoms with E-state index >= 15 is 0 Å². The molecule has 3 rings (SSSR count). The fourth-order valence-electron chi connectivity index (χ4n) is 2.72. The van der Waals surface area contributed by atoms with Crippen molar-refractivity contribution < 1.29 is 8.81 Å². The van der Waals surface area contributed by atoms with Crippen LogP contribution < -0.4 is 11.2 Å². The summed E-state index contributed by atoms with van der Waals surface area (Å²) in [5.41, 5.74) is 8.40. The monoisotopic (exact) mass is 312 g/mol. The first-order valence-electron chi connectivity index (χ1n) is 7.34. The van der Waals surface area contributed by atoms with Crippen LogP contribution >= 0.6 is 0 Å². The molecule has 2 N–H and O–H groups in total. The van der Waals surface area contributed by atoms with E-state index in [-0.39, 0.29) is 22.8 Å². The molecule has 0 bridgehead atoms. The largest absolute Gasteiger partial charge is 0.455 e. The number of aryl methyl sites for hydroxylation is 1. The molecule has 1 aromatic carbocycles. The quantitative estimate of drug-likeness (QED) is 0.734. The molecule has 3 aromatic rings. The van der Waals surface area contributed by atoms with Crippen LogP contribution in [-0.4, -0.2) is 4.98 Å². The van der Waals surface area contributed by atoms with Crippen molar-refractivity contribution in [2.75, 3.05) is 0 Å². The Bertz CT molecular complexity index is 961. The molecule has 0 radical (unpaired) electrons. The zero-order valence-electron chi connectivity index (χ0n) is 13.2. The Kier molecular flexibility index (Phi) is 3.74. The predicted octanol–water partition coefficient (Wildman–Crippen LogP) is 3.63. The van der Waals surface area contributed by atoms with Gasteiger partial charge < -0.3 is 10.2 Å². The first-order valence-corrected chi connectivity index (χ1v) is 7.34. The number of rotatable bonds is 2. The average molecular weight is 312 g/mol. The van der Waals surface area contributed by atoms with Crippen LogP contribution in [0.4, 0.5) is 4.39 Å². The third-order valence-corrected chi connectivity index (χ3v) is 3.89. The van der Waals surface area contributed by atoms with Crippen molar-refractivity contribution in [3.63, 3.8) is 0 Å². The van der Waals surface area contributed by atoms with Crippen LogP contribution in [0.5, 0.6) is 0 Å². The molecule has 0 amide bonds. The molecule has 118 valence electrons. The molecule has 0 saturated heterocycles. The van der Waals surface area contributed by atoms with Gasteiger partial charge in [0.25, 0.3) is 0 Å². The number of pyridine rings is 1. The average Bonchev–Trinajstić information content (AvgIpc) is 2.51. The van der Waals surface area contributed by atoms with Crippen LogP contribution in [0.2, 0.25) is 0 Å². The van der Waals surface area contributed by atoms with Gasteiger partial charge in [-0.1, -0.05) is 6.07 Å². The number of halogens is 1. The lowest BCUT2D eigenvalue weighted by molar-refractivity contribution is 0.564. The maximum Gasteiger partial charge on any atom is 0.223 e. The van der Waals surface area contributed by atoms with E-state index in [0.717, 1.165) is 11.1 Å². The summed E-state index contributed by atoms with van der Waals surface area (Å²) in [6.45, 7) is 5.34. The summed E-state index contributed by atoms with van der Waals surface area (Å²) in [6, 6.07) is 6.48. The van der Waals surface area contributed by atoms with Crippen molar-refractivity contribution in [1.82, 2.24) is 4.98 Å². The summed E-state index contributed by atoms with van der Waals surface area (Å²) in [4.78, 5) is 16.3. The maximum absolute atomic E-state index is 14.0. The second-order valence-electron chi connectivity index (χ2n) is 5.75. The van der Waals surface area contributed by atoms with Crippen LogP contribution in [0, 0.1) is 19.8 Å². The summed E-state index contributed by atoms with van der Waals surface area (Å²) in [5.74, 6) is -0.480. The molecule has 0 aliphatic rings. The Morgan fingerprint density at radius 3 is 2.70 bits per heavy atom. The summed E-state index contributed by atoms with van der Waals surface area (Å²) in [5, 5.41) is 0.461. The van der Waals surface area contributed by atoms with E-state index in [9.17, 15) is 9.18 Å². The van der Waals surface area contributed by atoms with Gasteiger partial charge in [-0.15, -0.1) is 0 Å². The van der Waals surface area contributed by atoms with Crippen LogP contribution in [-0.2, 0) is 0 Å². The van der Waals surface area contributed by atoms with Crippen LogP contribution in [0.25, 0.3) is 22.3 Å². The van der Waals surface area contributed by atoms with E-state index in [2.05, 4.69) is 4.98 Å². The van der Waals surface area contributed by atoms with Gasteiger partial charge in [0, 0.05) is 23.4 Å². The lowest BCUT2D eigenvalue weighted by atomic mass is 9.99. The molecular weight excluding hydrogens is 295 g/mol. The second-order valence-corrected chi connectivity index (χ2v) is 5.75. The number of hydrogen-bond acceptors (Lipinski definition) is 4. The van der Waals surface area contributed by atoms with Gasteiger partial charge in [0.15, 0.2) is 5.43 Å². The van der Waals surface area contributed by atoms with Crippen molar-refractivity contribution >= 4 is 11.0 Å². The minimum atomic E-state index is -0.674. The van der Waals surface area contributed by atoms with Crippen molar-refractivity contribution in [2.45, 2.75) is 26.8 Å². The number of nitrogens with two attached hydrogens (primary N) is 1. The standard InChI is InChI=1S/C18H17FN2O2/c1-9-7-13(11(3)20)17-14(8-9)15(22)10(2)16(23-17)12-5-4-6-21-18(12)19/h4-8,11H,20H2,1-3H3. The lowest BCUT2D eigenvalue weighted by Gasteiger charge is -2.13. The van der Waals surface area contributed by atoms with E-state index in [1.807, 2.05) is 19.9 Å². The molecule has 0 fully saturated rings. The molecule has 23 heavy (non-hydrogen) atoms. The predicted molar refractivity (Wildman–Crippen MR) is 87.7 cm³/mol. The van der Waals surface area contributed by atoms with Crippen LogP contribution in [0.15, 0.2) is 39.7 Å². The summed E-state index contributed by atoms with van der Waals surface area (Å²) >= 11 is 0. The summed E-state index contributed by atoms with van der Waals surface area (Å²) in [7, 11) is 0. The zero-order chi connectivity index (χ0) is 16.7. The minimum absolute atomic E-state index is 0.167. The Balaban J connectivity index is 2.45. The normalized spacial score (nSPS) is 12.6. The summed E-state index contributed by atoms with van der Waals surface area (Å²) in [6.07, 6.45) is 1.35. The van der Waals surface area contributed by atoms with Gasteiger partial charge in [0.2, 0.25) is 5.95 Å². The Morgan fingerprint density at radius 2 is 2.04 bits per heavy atom. The number of hydrogen-bond donors (Lipinski definition) is 1. The molecule has 2 heterocycles. The third kappa shape index (κ3) is 2.53. The SMILES string of the molecule is Cc1cc(C(C)N)c2oc(-c3cccnc3F)c(C)c(=O)c2c1. The Labute approximate surface area is 132 Å². The van der Waals surface area contributed by atoms with Crippen molar-refractivity contribution in [1.29, 1.82) is 0 Å². The Hall–Kier alpha value is -2.53. The minimum Gasteiger partial charge on any atom is -0.455 e. The third-order valence-electron chi connectivity index (χ3n) is 3.89. The first-order chi connectivity index (χ1) is 10.9. The van der Waals surface area contributed by atoms with Gasteiger partial charge in [0.05, 0.1) is 10.9 Å². The zero-order valence-corrected chi connectivity index (χ0v) is 13.2. The van der Waals surface area contributed by atoms with Gasteiger partial charge in [-0.3, -0.25) is 4.79 Å². The highest BCUT2D eigenvalue weighted by atomic mass is 19.1. The maximum atomic E-state index is 14.0. The number of fused-ring (bicyclic) bond motifs is 1. The molecule has 1 unspecified atom stereocenters. The molecule has 4 nitrogen and oxygen atoms in total. The van der Waals surface area contributed by atoms with E-state index in [0.29, 0.717) is 16.5 Å². The highest BCUT2D eigenvalue weighted by Crippen LogP contribution is 2.30. The number of nitrogens with zero attached hydrogens (tertiary/aromatic N) is 1. The molecule has 0 spiro atoms. The van der Waals surface area contributed by atoms with Gasteiger partial charge in [-0.05, 0) is 44.5 Å². The van der Waals surface area contributed by atoms with Gasteiger partial charge in [-0.2, -0.15) is 4.39 Å². The topological polar surface area (TPSA) is 69.1 Å². The molecule has 1 atom stereocenters. The molecule has 0 saturated carbocycles. The van der Waals surface area contributed by atoms with Gasteiger partial charge in [0.1, 0.15) is 11.3 Å². The van der Waals surface area contributed by atoms with Gasteiger partial charge >= 0.3 is 0 Å². The highest BCUT2D eigenvalue weighted by molar-refractivity contribution is 5.84. The van der Waals surface area contributed by atoms with Crippen molar-refractivity contribution in [3.8, 4) is 11.3 Å². The van der Waals surface area contributed by atoms with E-state index in [1.165, 1.54) is 6.20 Å². The number of benzene rings is 1. The smallest absolute Gasteiger partial charge is 0.223 e.